The maximum Gasteiger partial charge on any atom is 0.235 e. The predicted molar refractivity (Wildman–Crippen MR) is 135 cm³/mol. The second kappa shape index (κ2) is 9.88. The number of anilines is 1. The van der Waals surface area contributed by atoms with Crippen molar-refractivity contribution in [1.29, 1.82) is 5.26 Å². The highest BCUT2D eigenvalue weighted by Crippen LogP contribution is 2.45. The number of nitrogens with zero attached hydrogens (tertiary/aromatic N) is 3. The summed E-state index contributed by atoms with van der Waals surface area (Å²) in [6, 6.07) is 9.62. The number of thiophene rings is 1. The van der Waals surface area contributed by atoms with Crippen molar-refractivity contribution >= 4 is 45.6 Å². The molecule has 1 aromatic carbocycles. The van der Waals surface area contributed by atoms with Crippen molar-refractivity contribution in [2.75, 3.05) is 11.1 Å². The summed E-state index contributed by atoms with van der Waals surface area (Å²) < 4.78 is 0. The van der Waals surface area contributed by atoms with Gasteiger partial charge in [0.15, 0.2) is 5.82 Å². The van der Waals surface area contributed by atoms with Gasteiger partial charge in [0.2, 0.25) is 11.1 Å². The van der Waals surface area contributed by atoms with Crippen molar-refractivity contribution in [2.24, 2.45) is 11.3 Å². The first-order chi connectivity index (χ1) is 15.8. The number of nitrogens with one attached hydrogen (secondary N) is 2. The molecule has 2 heterocycles. The molecule has 2 aromatic heterocycles. The molecule has 0 spiro atoms. The highest BCUT2D eigenvalue weighted by atomic mass is 35.5. The first kappa shape index (κ1) is 23.8. The number of thioether (sulfide) groups is 1. The van der Waals surface area contributed by atoms with Gasteiger partial charge < -0.3 is 5.32 Å². The molecule has 1 amide bonds. The van der Waals surface area contributed by atoms with Gasteiger partial charge in [-0.3, -0.25) is 9.89 Å². The van der Waals surface area contributed by atoms with Gasteiger partial charge in [0.25, 0.3) is 0 Å². The minimum Gasteiger partial charge on any atom is -0.316 e. The van der Waals surface area contributed by atoms with Gasteiger partial charge in [0, 0.05) is 15.5 Å². The van der Waals surface area contributed by atoms with Crippen molar-refractivity contribution < 1.29 is 4.79 Å². The van der Waals surface area contributed by atoms with E-state index in [1.165, 1.54) is 16.6 Å². The molecule has 1 aliphatic carbocycles. The molecule has 6 nitrogen and oxygen atoms in total. The van der Waals surface area contributed by atoms with Gasteiger partial charge >= 0.3 is 0 Å². The molecule has 0 saturated carbocycles. The average molecular weight is 500 g/mol. The van der Waals surface area contributed by atoms with Crippen molar-refractivity contribution in [2.45, 2.75) is 51.6 Å². The summed E-state index contributed by atoms with van der Waals surface area (Å²) in [6.45, 7) is 6.88. The highest BCUT2D eigenvalue weighted by Gasteiger charge is 2.34. The second-order valence-corrected chi connectivity index (χ2v) is 11.4. The van der Waals surface area contributed by atoms with E-state index in [4.69, 9.17) is 11.6 Å². The molecule has 2 N–H and O–H groups in total. The van der Waals surface area contributed by atoms with E-state index in [9.17, 15) is 10.1 Å². The molecule has 4 rings (SSSR count). The van der Waals surface area contributed by atoms with E-state index in [0.29, 0.717) is 32.5 Å². The van der Waals surface area contributed by atoms with E-state index in [1.807, 2.05) is 12.1 Å². The predicted octanol–water partition coefficient (Wildman–Crippen LogP) is 6.33. The average Bonchev–Trinajstić information content (AvgIpc) is 3.41. The molecule has 0 bridgehead atoms. The lowest BCUT2D eigenvalue weighted by molar-refractivity contribution is -0.113. The molecule has 0 aliphatic heterocycles. The van der Waals surface area contributed by atoms with E-state index in [2.05, 4.69) is 47.3 Å². The minimum atomic E-state index is -0.168. The number of nitriles is 1. The van der Waals surface area contributed by atoms with Crippen LogP contribution in [-0.2, 0) is 17.6 Å². The Kier molecular flexibility index (Phi) is 7.13. The fourth-order valence-corrected chi connectivity index (χ4v) is 6.11. The monoisotopic (exact) mass is 499 g/mol. The molecule has 1 aliphatic rings. The first-order valence-electron chi connectivity index (χ1n) is 11.0. The van der Waals surface area contributed by atoms with Crippen LogP contribution in [0.3, 0.4) is 0 Å². The van der Waals surface area contributed by atoms with Crippen LogP contribution in [0, 0.1) is 22.7 Å². The van der Waals surface area contributed by atoms with Crippen LogP contribution in [0.5, 0.6) is 0 Å². The van der Waals surface area contributed by atoms with Gasteiger partial charge in [-0.1, -0.05) is 50.6 Å². The van der Waals surface area contributed by atoms with Crippen LogP contribution in [0.4, 0.5) is 5.00 Å². The molecule has 172 valence electrons. The van der Waals surface area contributed by atoms with Crippen LogP contribution in [0.15, 0.2) is 29.4 Å². The second-order valence-electron chi connectivity index (χ2n) is 8.91. The Labute approximate surface area is 207 Å². The lowest BCUT2D eigenvalue weighted by atomic mass is 9.69. The van der Waals surface area contributed by atoms with Crippen molar-refractivity contribution in [3.05, 3.63) is 45.3 Å². The third kappa shape index (κ3) is 5.26. The lowest BCUT2D eigenvalue weighted by Crippen LogP contribution is -2.28. The number of carbonyl (C=O) groups is 1. The topological polar surface area (TPSA) is 94.5 Å². The van der Waals surface area contributed by atoms with E-state index in [-0.39, 0.29) is 17.1 Å². The summed E-state index contributed by atoms with van der Waals surface area (Å²) in [5.74, 6) is 1.21. The van der Waals surface area contributed by atoms with Crippen LogP contribution in [0.25, 0.3) is 11.4 Å². The molecule has 0 fully saturated rings. The molecule has 9 heteroatoms. The van der Waals surface area contributed by atoms with E-state index < -0.39 is 0 Å². The fraction of sp³-hybridized carbons (Fsp3) is 0.417. The van der Waals surface area contributed by atoms with Gasteiger partial charge in [0.05, 0.1) is 11.3 Å². The fourth-order valence-electron chi connectivity index (χ4n) is 4.09. The number of aromatic nitrogens is 3. The summed E-state index contributed by atoms with van der Waals surface area (Å²) in [5.41, 5.74) is 2.89. The normalized spacial score (nSPS) is 15.7. The van der Waals surface area contributed by atoms with Crippen molar-refractivity contribution in [3.8, 4) is 17.5 Å². The largest absolute Gasteiger partial charge is 0.316 e. The number of aromatic amines is 1. The molecule has 1 unspecified atom stereocenters. The maximum atomic E-state index is 12.6. The number of hydrogen-bond acceptors (Lipinski definition) is 6. The molecule has 3 aromatic rings. The zero-order chi connectivity index (χ0) is 23.6. The van der Waals surface area contributed by atoms with E-state index >= 15 is 0 Å². The Morgan fingerprint density at radius 1 is 1.39 bits per heavy atom. The van der Waals surface area contributed by atoms with E-state index in [1.54, 1.807) is 23.5 Å². The summed E-state index contributed by atoms with van der Waals surface area (Å²) >= 11 is 8.74. The highest BCUT2D eigenvalue weighted by molar-refractivity contribution is 7.99. The number of fused-ring (bicyclic) bond motifs is 1. The van der Waals surface area contributed by atoms with Gasteiger partial charge in [-0.15, -0.1) is 16.4 Å². The molecule has 0 saturated heterocycles. The maximum absolute atomic E-state index is 12.6. The van der Waals surface area contributed by atoms with Crippen LogP contribution in [0.1, 0.15) is 49.6 Å². The number of carbonyl (C=O) groups excluding carboxylic acids is 1. The first-order valence-corrected chi connectivity index (χ1v) is 13.1. The Hall–Kier alpha value is -2.34. The van der Waals surface area contributed by atoms with E-state index in [0.717, 1.165) is 36.8 Å². The Morgan fingerprint density at radius 3 is 2.85 bits per heavy atom. The van der Waals surface area contributed by atoms with Gasteiger partial charge in [-0.05, 0) is 60.4 Å². The molecule has 0 radical (unpaired) electrons. The molecule has 1 atom stereocenters. The number of halogens is 1. The van der Waals surface area contributed by atoms with Crippen molar-refractivity contribution in [1.82, 2.24) is 15.2 Å². The van der Waals surface area contributed by atoms with Crippen LogP contribution in [0.2, 0.25) is 5.02 Å². The number of benzene rings is 1. The number of rotatable bonds is 7. The minimum absolute atomic E-state index is 0.164. The van der Waals surface area contributed by atoms with Crippen molar-refractivity contribution in [3.63, 3.8) is 0 Å². The lowest BCUT2D eigenvalue weighted by Gasteiger charge is -2.36. The SMILES string of the molecule is CCC(C)(C)C1CCc2c(sc(NC(=O)CSc3n[nH]c(-c4ccc(Cl)cc4)n3)c2C#N)C1. The smallest absolute Gasteiger partial charge is 0.235 e. The van der Waals surface area contributed by atoms with Crippen LogP contribution >= 0.6 is 34.7 Å². The summed E-state index contributed by atoms with van der Waals surface area (Å²) in [4.78, 5) is 18.3. The molecular formula is C24H26ClN5OS2. The standard InChI is InChI=1S/C24H26ClN5OS2/c1-4-24(2,3)15-7-10-17-18(12-26)22(33-19(17)11-15)27-20(31)13-32-23-28-21(29-30-23)14-5-8-16(25)9-6-14/h5-6,8-9,15H,4,7,10-11,13H2,1-3H3,(H,27,31)(H,28,29,30). The zero-order valence-corrected chi connectivity index (χ0v) is 21.3. The Morgan fingerprint density at radius 2 is 2.15 bits per heavy atom. The van der Waals surface area contributed by atoms with Gasteiger partial charge in [-0.2, -0.15) is 5.26 Å². The molecular weight excluding hydrogens is 474 g/mol. The number of amides is 1. The van der Waals surface area contributed by atoms with Gasteiger partial charge in [-0.25, -0.2) is 4.98 Å². The Balaban J connectivity index is 1.39. The van der Waals surface area contributed by atoms with Crippen LogP contribution in [-0.4, -0.2) is 26.8 Å². The van der Waals surface area contributed by atoms with Gasteiger partial charge in [0.1, 0.15) is 11.1 Å². The molecule has 33 heavy (non-hydrogen) atoms. The number of hydrogen-bond donors (Lipinski definition) is 2. The quantitative estimate of drug-likeness (QED) is 0.370. The Bertz CT molecular complexity index is 1190. The summed E-state index contributed by atoms with van der Waals surface area (Å²) in [6.07, 6.45) is 4.09. The third-order valence-corrected chi connectivity index (χ3v) is 8.83. The number of H-pyrrole nitrogens is 1. The van der Waals surface area contributed by atoms with Crippen LogP contribution < -0.4 is 5.32 Å². The zero-order valence-electron chi connectivity index (χ0n) is 18.9. The third-order valence-electron chi connectivity index (χ3n) is 6.56. The summed E-state index contributed by atoms with van der Waals surface area (Å²) in [7, 11) is 0. The summed E-state index contributed by atoms with van der Waals surface area (Å²) in [5, 5.41) is 21.6.